The highest BCUT2D eigenvalue weighted by Crippen LogP contribution is 2.41. The number of halogens is 1. The van der Waals surface area contributed by atoms with Crippen LogP contribution in [0.3, 0.4) is 0 Å². The molecule has 2 aromatic carbocycles. The SMILES string of the molecule is COc1cc(CN2CCNCC2c2cccc(F)c2)cc2c1OCCO2. The molecule has 2 aromatic rings. The average molecular weight is 358 g/mol. The van der Waals surface area contributed by atoms with Crippen LogP contribution in [0.1, 0.15) is 17.2 Å². The summed E-state index contributed by atoms with van der Waals surface area (Å²) in [6.07, 6.45) is 0. The summed E-state index contributed by atoms with van der Waals surface area (Å²) in [7, 11) is 1.64. The van der Waals surface area contributed by atoms with Crippen molar-refractivity contribution < 1.29 is 18.6 Å². The van der Waals surface area contributed by atoms with Gasteiger partial charge in [0.25, 0.3) is 0 Å². The molecular formula is C20H23FN2O3. The van der Waals surface area contributed by atoms with E-state index in [1.54, 1.807) is 19.2 Å². The maximum atomic E-state index is 13.7. The van der Waals surface area contributed by atoms with Gasteiger partial charge in [-0.1, -0.05) is 12.1 Å². The molecule has 1 saturated heterocycles. The van der Waals surface area contributed by atoms with Crippen molar-refractivity contribution in [3.05, 3.63) is 53.3 Å². The second-order valence-corrected chi connectivity index (χ2v) is 6.57. The number of hydrogen-bond acceptors (Lipinski definition) is 5. The summed E-state index contributed by atoms with van der Waals surface area (Å²) in [6.45, 7) is 4.40. The Labute approximate surface area is 152 Å². The first-order valence-electron chi connectivity index (χ1n) is 8.91. The molecule has 0 bridgehead atoms. The molecule has 26 heavy (non-hydrogen) atoms. The van der Waals surface area contributed by atoms with E-state index in [4.69, 9.17) is 14.2 Å². The van der Waals surface area contributed by atoms with Gasteiger partial charge in [-0.15, -0.1) is 0 Å². The maximum absolute atomic E-state index is 13.7. The monoisotopic (exact) mass is 358 g/mol. The van der Waals surface area contributed by atoms with Crippen molar-refractivity contribution in [1.82, 2.24) is 10.2 Å². The highest BCUT2D eigenvalue weighted by Gasteiger charge is 2.26. The lowest BCUT2D eigenvalue weighted by Crippen LogP contribution is -2.45. The number of nitrogens with one attached hydrogen (secondary N) is 1. The summed E-state index contributed by atoms with van der Waals surface area (Å²) < 4.78 is 30.6. The first kappa shape index (κ1) is 17.1. The van der Waals surface area contributed by atoms with Crippen LogP contribution in [-0.2, 0) is 6.54 Å². The third kappa shape index (κ3) is 3.48. The molecule has 1 N–H and O–H groups in total. The maximum Gasteiger partial charge on any atom is 0.203 e. The van der Waals surface area contributed by atoms with Crippen molar-refractivity contribution in [2.24, 2.45) is 0 Å². The molecule has 0 radical (unpaired) electrons. The highest BCUT2D eigenvalue weighted by atomic mass is 19.1. The molecule has 0 spiro atoms. The Morgan fingerprint density at radius 3 is 2.96 bits per heavy atom. The molecule has 0 amide bonds. The van der Waals surface area contributed by atoms with E-state index >= 15 is 0 Å². The van der Waals surface area contributed by atoms with Crippen LogP contribution in [0.4, 0.5) is 4.39 Å². The van der Waals surface area contributed by atoms with Crippen LogP contribution in [0.25, 0.3) is 0 Å². The predicted octanol–water partition coefficient (Wildman–Crippen LogP) is 2.75. The molecule has 1 fully saturated rings. The highest BCUT2D eigenvalue weighted by molar-refractivity contribution is 5.54. The molecule has 6 heteroatoms. The number of nitrogens with zero attached hydrogens (tertiary/aromatic N) is 1. The second kappa shape index (κ2) is 7.51. The largest absolute Gasteiger partial charge is 0.493 e. The molecule has 0 aliphatic carbocycles. The second-order valence-electron chi connectivity index (χ2n) is 6.57. The first-order chi connectivity index (χ1) is 12.7. The number of benzene rings is 2. The Morgan fingerprint density at radius 2 is 2.12 bits per heavy atom. The molecule has 138 valence electrons. The minimum Gasteiger partial charge on any atom is -0.493 e. The van der Waals surface area contributed by atoms with Gasteiger partial charge < -0.3 is 19.5 Å². The zero-order valence-corrected chi connectivity index (χ0v) is 14.8. The van der Waals surface area contributed by atoms with Crippen molar-refractivity contribution in [3.8, 4) is 17.2 Å². The molecule has 0 aromatic heterocycles. The fourth-order valence-corrected chi connectivity index (χ4v) is 3.63. The van der Waals surface area contributed by atoms with Gasteiger partial charge in [-0.25, -0.2) is 4.39 Å². The van der Waals surface area contributed by atoms with Gasteiger partial charge in [0.15, 0.2) is 11.5 Å². The molecule has 2 aliphatic rings. The Balaban J connectivity index is 1.60. The van der Waals surface area contributed by atoms with E-state index in [2.05, 4.69) is 10.2 Å². The van der Waals surface area contributed by atoms with E-state index in [1.165, 1.54) is 6.07 Å². The van der Waals surface area contributed by atoms with Crippen LogP contribution in [0.15, 0.2) is 36.4 Å². The standard InChI is InChI=1S/C20H23FN2O3/c1-24-18-9-14(10-19-20(18)26-8-7-25-19)13-23-6-5-22-12-17(23)15-3-2-4-16(21)11-15/h2-4,9-11,17,22H,5-8,12-13H2,1H3. The Hall–Kier alpha value is -2.31. The third-order valence-corrected chi connectivity index (χ3v) is 4.86. The number of piperazine rings is 1. The van der Waals surface area contributed by atoms with Gasteiger partial charge >= 0.3 is 0 Å². The van der Waals surface area contributed by atoms with Gasteiger partial charge in [0.1, 0.15) is 19.0 Å². The van der Waals surface area contributed by atoms with Gasteiger partial charge in [0.05, 0.1) is 7.11 Å². The topological polar surface area (TPSA) is 43.0 Å². The molecule has 2 aliphatic heterocycles. The van der Waals surface area contributed by atoms with Crippen molar-refractivity contribution >= 4 is 0 Å². The molecule has 5 nitrogen and oxygen atoms in total. The Kier molecular flexibility index (Phi) is 4.95. The van der Waals surface area contributed by atoms with Gasteiger partial charge in [-0.3, -0.25) is 4.90 Å². The van der Waals surface area contributed by atoms with Gasteiger partial charge in [-0.2, -0.15) is 0 Å². The molecule has 1 atom stereocenters. The normalized spacial score (nSPS) is 20.0. The molecule has 2 heterocycles. The van der Waals surface area contributed by atoms with Gasteiger partial charge in [0.2, 0.25) is 5.75 Å². The van der Waals surface area contributed by atoms with Crippen LogP contribution in [-0.4, -0.2) is 44.9 Å². The number of rotatable bonds is 4. The predicted molar refractivity (Wildman–Crippen MR) is 96.4 cm³/mol. The van der Waals surface area contributed by atoms with E-state index in [-0.39, 0.29) is 11.9 Å². The third-order valence-electron chi connectivity index (χ3n) is 4.86. The van der Waals surface area contributed by atoms with Crippen LogP contribution < -0.4 is 19.5 Å². The molecule has 0 saturated carbocycles. The molecule has 4 rings (SSSR count). The van der Waals surface area contributed by atoms with E-state index in [0.717, 1.165) is 43.1 Å². The molecule has 1 unspecified atom stereocenters. The van der Waals surface area contributed by atoms with Crippen molar-refractivity contribution in [3.63, 3.8) is 0 Å². The van der Waals surface area contributed by atoms with Crippen LogP contribution >= 0.6 is 0 Å². The summed E-state index contributed by atoms with van der Waals surface area (Å²) in [5.41, 5.74) is 2.08. The van der Waals surface area contributed by atoms with Crippen LogP contribution in [0.5, 0.6) is 17.2 Å². The van der Waals surface area contributed by atoms with Crippen molar-refractivity contribution in [2.75, 3.05) is 40.0 Å². The lowest BCUT2D eigenvalue weighted by Gasteiger charge is -2.36. The molecular weight excluding hydrogens is 335 g/mol. The zero-order chi connectivity index (χ0) is 17.9. The van der Waals surface area contributed by atoms with E-state index in [9.17, 15) is 4.39 Å². The number of hydrogen-bond donors (Lipinski definition) is 1. The van der Waals surface area contributed by atoms with Crippen LogP contribution in [0, 0.1) is 5.82 Å². The Bertz CT molecular complexity index is 766. The van der Waals surface area contributed by atoms with Gasteiger partial charge in [0, 0.05) is 32.2 Å². The number of methoxy groups -OCH3 is 1. The fourth-order valence-electron chi connectivity index (χ4n) is 3.63. The minimum absolute atomic E-state index is 0.124. The summed E-state index contributed by atoms with van der Waals surface area (Å²) in [4.78, 5) is 2.36. The average Bonchev–Trinajstić information content (AvgIpc) is 2.68. The van der Waals surface area contributed by atoms with Crippen molar-refractivity contribution in [1.29, 1.82) is 0 Å². The lowest BCUT2D eigenvalue weighted by atomic mass is 10.0. The van der Waals surface area contributed by atoms with E-state index < -0.39 is 0 Å². The first-order valence-corrected chi connectivity index (χ1v) is 8.91. The lowest BCUT2D eigenvalue weighted by molar-refractivity contribution is 0.150. The van der Waals surface area contributed by atoms with Gasteiger partial charge in [-0.05, 0) is 35.4 Å². The number of fused-ring (bicyclic) bond motifs is 1. The quantitative estimate of drug-likeness (QED) is 0.910. The summed E-state index contributed by atoms with van der Waals surface area (Å²) in [5, 5.41) is 3.41. The summed E-state index contributed by atoms with van der Waals surface area (Å²) in [6, 6.07) is 11.0. The minimum atomic E-state index is -0.200. The smallest absolute Gasteiger partial charge is 0.203 e. The number of ether oxygens (including phenoxy) is 3. The zero-order valence-electron chi connectivity index (χ0n) is 14.8. The van der Waals surface area contributed by atoms with E-state index in [1.807, 2.05) is 18.2 Å². The fraction of sp³-hybridized carbons (Fsp3) is 0.400. The Morgan fingerprint density at radius 1 is 1.23 bits per heavy atom. The summed E-state index contributed by atoms with van der Waals surface area (Å²) >= 11 is 0. The van der Waals surface area contributed by atoms with Crippen LogP contribution in [0.2, 0.25) is 0 Å². The van der Waals surface area contributed by atoms with Crippen molar-refractivity contribution in [2.45, 2.75) is 12.6 Å². The summed E-state index contributed by atoms with van der Waals surface area (Å²) in [5.74, 6) is 1.89. The van der Waals surface area contributed by atoms with E-state index in [0.29, 0.717) is 24.7 Å².